The lowest BCUT2D eigenvalue weighted by Crippen LogP contribution is -2.29. The number of rotatable bonds is 9. The molecule has 0 radical (unpaired) electrons. The fraction of sp³-hybridized carbons (Fsp3) is 0.312. The Morgan fingerprint density at radius 1 is 0.949 bits per heavy atom. The topological polar surface area (TPSA) is 85.3 Å². The van der Waals surface area contributed by atoms with Crippen LogP contribution in [-0.4, -0.2) is 37.1 Å². The number of ketones is 1. The Bertz CT molecular complexity index is 1400. The quantitative estimate of drug-likeness (QED) is 0.197. The number of methoxy groups -OCH3 is 1. The number of ether oxygens (including phenoxy) is 3. The third kappa shape index (κ3) is 5.77. The van der Waals surface area contributed by atoms with Gasteiger partial charge in [0, 0.05) is 11.3 Å². The van der Waals surface area contributed by atoms with Crippen molar-refractivity contribution in [3.63, 3.8) is 0 Å². The van der Waals surface area contributed by atoms with E-state index < -0.39 is 17.7 Å². The molecule has 204 valence electrons. The highest BCUT2D eigenvalue weighted by atomic mass is 16.5. The van der Waals surface area contributed by atoms with Crippen LogP contribution in [0.1, 0.15) is 49.1 Å². The molecule has 39 heavy (non-hydrogen) atoms. The molecule has 0 saturated carbocycles. The van der Waals surface area contributed by atoms with Crippen molar-refractivity contribution in [2.75, 3.05) is 25.2 Å². The first kappa shape index (κ1) is 27.8. The number of anilines is 1. The van der Waals surface area contributed by atoms with Crippen molar-refractivity contribution in [3.8, 4) is 17.2 Å². The fourth-order valence-electron chi connectivity index (χ4n) is 4.79. The maximum Gasteiger partial charge on any atom is 0.300 e. The van der Waals surface area contributed by atoms with Gasteiger partial charge in [0.05, 0.1) is 31.9 Å². The molecule has 1 N–H and O–H groups in total. The van der Waals surface area contributed by atoms with Gasteiger partial charge >= 0.3 is 0 Å². The van der Waals surface area contributed by atoms with Gasteiger partial charge in [0.25, 0.3) is 11.7 Å². The minimum Gasteiger partial charge on any atom is -0.507 e. The van der Waals surface area contributed by atoms with Gasteiger partial charge in [-0.2, -0.15) is 0 Å². The van der Waals surface area contributed by atoms with E-state index in [1.54, 1.807) is 49.6 Å². The van der Waals surface area contributed by atoms with Gasteiger partial charge in [0.1, 0.15) is 11.5 Å². The van der Waals surface area contributed by atoms with Crippen molar-refractivity contribution in [1.82, 2.24) is 0 Å². The first-order valence-corrected chi connectivity index (χ1v) is 13.1. The molecule has 7 heteroatoms. The largest absolute Gasteiger partial charge is 0.507 e. The number of carbonyl (C=O) groups is 2. The highest BCUT2D eigenvalue weighted by molar-refractivity contribution is 6.51. The van der Waals surface area contributed by atoms with E-state index in [9.17, 15) is 14.7 Å². The molecule has 7 nitrogen and oxygen atoms in total. The maximum atomic E-state index is 13.6. The molecular weight excluding hydrogens is 494 g/mol. The first-order chi connectivity index (χ1) is 18.6. The Balaban J connectivity index is 1.93. The van der Waals surface area contributed by atoms with Crippen molar-refractivity contribution in [3.05, 3.63) is 88.5 Å². The molecule has 1 aliphatic heterocycles. The third-order valence-electron chi connectivity index (χ3n) is 6.42. The number of aliphatic hydroxyl groups is 1. The lowest BCUT2D eigenvalue weighted by Gasteiger charge is -2.27. The zero-order valence-electron chi connectivity index (χ0n) is 23.3. The number of aliphatic hydroxyl groups excluding tert-OH is 1. The normalized spacial score (nSPS) is 16.6. The molecule has 0 aromatic heterocycles. The van der Waals surface area contributed by atoms with Crippen LogP contribution in [0.5, 0.6) is 17.2 Å². The second-order valence-corrected chi connectivity index (χ2v) is 10.1. The molecule has 1 atom stereocenters. The summed E-state index contributed by atoms with van der Waals surface area (Å²) in [5.74, 6) is 0.142. The predicted molar refractivity (Wildman–Crippen MR) is 152 cm³/mol. The first-order valence-electron chi connectivity index (χ1n) is 13.1. The molecule has 0 bridgehead atoms. The standard InChI is InChI=1S/C32H35NO6/c1-7-38-27-17-22(11-12-26(27)37-6)29-28(30(34)23-9-8-10-25(16-23)39-18-19(2)3)31(35)32(36)33(29)24-14-20(4)13-21(5)15-24/h8-17,19,29,34H,7,18H2,1-6H3/b30-28-. The SMILES string of the molecule is CCOc1cc(C2/C(=C(/O)c3cccc(OCC(C)C)c3)C(=O)C(=O)N2c2cc(C)cc(C)c2)ccc1OC. The van der Waals surface area contributed by atoms with Gasteiger partial charge in [-0.25, -0.2) is 0 Å². The van der Waals surface area contributed by atoms with Crippen LogP contribution in [0, 0.1) is 19.8 Å². The van der Waals surface area contributed by atoms with Crippen molar-refractivity contribution in [1.29, 1.82) is 0 Å². The summed E-state index contributed by atoms with van der Waals surface area (Å²) in [6, 6.07) is 17.0. The number of Topliss-reactive ketones (excluding diaryl/α,β-unsaturated/α-hetero) is 1. The summed E-state index contributed by atoms with van der Waals surface area (Å²) in [5, 5.41) is 11.6. The summed E-state index contributed by atoms with van der Waals surface area (Å²) in [6.45, 7) is 10.7. The Morgan fingerprint density at radius 2 is 1.67 bits per heavy atom. The van der Waals surface area contributed by atoms with Crippen LogP contribution in [0.15, 0.2) is 66.2 Å². The summed E-state index contributed by atoms with van der Waals surface area (Å²) in [4.78, 5) is 28.6. The molecule has 0 aliphatic carbocycles. The highest BCUT2D eigenvalue weighted by Crippen LogP contribution is 2.44. The zero-order chi connectivity index (χ0) is 28.3. The van der Waals surface area contributed by atoms with E-state index in [-0.39, 0.29) is 11.3 Å². The lowest BCUT2D eigenvalue weighted by atomic mass is 9.94. The molecule has 4 rings (SSSR count). The molecule has 1 aliphatic rings. The average Bonchev–Trinajstić information content (AvgIpc) is 3.17. The minimum atomic E-state index is -0.892. The predicted octanol–water partition coefficient (Wildman–Crippen LogP) is 6.37. The smallest absolute Gasteiger partial charge is 0.300 e. The Labute approximate surface area is 229 Å². The summed E-state index contributed by atoms with van der Waals surface area (Å²) in [7, 11) is 1.55. The summed E-state index contributed by atoms with van der Waals surface area (Å²) in [6.07, 6.45) is 0. The Kier molecular flexibility index (Phi) is 8.29. The number of nitrogens with zero attached hydrogens (tertiary/aromatic N) is 1. The number of hydrogen-bond acceptors (Lipinski definition) is 6. The van der Waals surface area contributed by atoms with Crippen LogP contribution in [0.4, 0.5) is 5.69 Å². The van der Waals surface area contributed by atoms with E-state index in [1.807, 2.05) is 52.8 Å². The number of amides is 1. The van der Waals surface area contributed by atoms with Gasteiger partial charge < -0.3 is 19.3 Å². The van der Waals surface area contributed by atoms with E-state index in [0.717, 1.165) is 11.1 Å². The van der Waals surface area contributed by atoms with Gasteiger partial charge in [-0.1, -0.05) is 38.1 Å². The van der Waals surface area contributed by atoms with E-state index in [4.69, 9.17) is 14.2 Å². The molecule has 3 aromatic rings. The molecule has 1 saturated heterocycles. The van der Waals surface area contributed by atoms with Gasteiger partial charge in [-0.05, 0) is 79.8 Å². The van der Waals surface area contributed by atoms with Crippen molar-refractivity contribution >= 4 is 23.1 Å². The maximum absolute atomic E-state index is 13.6. The molecular formula is C32H35NO6. The van der Waals surface area contributed by atoms with E-state index in [1.165, 1.54) is 4.90 Å². The number of hydrogen-bond donors (Lipinski definition) is 1. The third-order valence-corrected chi connectivity index (χ3v) is 6.42. The monoisotopic (exact) mass is 529 g/mol. The number of carbonyl (C=O) groups excluding carboxylic acids is 2. The summed E-state index contributed by atoms with van der Waals surface area (Å²) < 4.78 is 17.1. The summed E-state index contributed by atoms with van der Waals surface area (Å²) in [5.41, 5.74) is 3.45. The fourth-order valence-corrected chi connectivity index (χ4v) is 4.79. The van der Waals surface area contributed by atoms with Crippen molar-refractivity contribution < 1.29 is 28.9 Å². The lowest BCUT2D eigenvalue weighted by molar-refractivity contribution is -0.132. The second-order valence-electron chi connectivity index (χ2n) is 10.1. The van der Waals surface area contributed by atoms with E-state index >= 15 is 0 Å². The van der Waals surface area contributed by atoms with Gasteiger partial charge in [0.2, 0.25) is 0 Å². The number of aryl methyl sites for hydroxylation is 2. The van der Waals surface area contributed by atoms with Gasteiger partial charge in [0.15, 0.2) is 11.5 Å². The van der Waals surface area contributed by atoms with Crippen LogP contribution < -0.4 is 19.1 Å². The van der Waals surface area contributed by atoms with Crippen LogP contribution >= 0.6 is 0 Å². The molecule has 0 spiro atoms. The van der Waals surface area contributed by atoms with Crippen LogP contribution in [0.3, 0.4) is 0 Å². The minimum absolute atomic E-state index is 0.00668. The number of benzene rings is 3. The molecule has 1 heterocycles. The van der Waals surface area contributed by atoms with Crippen LogP contribution in [0.2, 0.25) is 0 Å². The van der Waals surface area contributed by atoms with Crippen LogP contribution in [0.25, 0.3) is 5.76 Å². The van der Waals surface area contributed by atoms with Gasteiger partial charge in [-0.3, -0.25) is 14.5 Å². The molecule has 1 unspecified atom stereocenters. The molecule has 1 amide bonds. The van der Waals surface area contributed by atoms with E-state index in [2.05, 4.69) is 0 Å². The van der Waals surface area contributed by atoms with E-state index in [0.29, 0.717) is 53.2 Å². The van der Waals surface area contributed by atoms with Crippen molar-refractivity contribution in [2.24, 2.45) is 5.92 Å². The van der Waals surface area contributed by atoms with Crippen LogP contribution in [-0.2, 0) is 9.59 Å². The average molecular weight is 530 g/mol. The summed E-state index contributed by atoms with van der Waals surface area (Å²) >= 11 is 0. The Hall–Kier alpha value is -4.26. The van der Waals surface area contributed by atoms with Crippen molar-refractivity contribution in [2.45, 2.75) is 40.7 Å². The molecule has 1 fully saturated rings. The second kappa shape index (κ2) is 11.6. The Morgan fingerprint density at radius 3 is 2.31 bits per heavy atom. The zero-order valence-corrected chi connectivity index (χ0v) is 23.3. The highest BCUT2D eigenvalue weighted by Gasteiger charge is 2.47. The van der Waals surface area contributed by atoms with Gasteiger partial charge in [-0.15, -0.1) is 0 Å². The molecule has 3 aromatic carbocycles.